The molecule has 2 saturated heterocycles. The van der Waals surface area contributed by atoms with E-state index in [1.807, 2.05) is 17.1 Å². The minimum atomic E-state index is -4.34. The van der Waals surface area contributed by atoms with Crippen LogP contribution in [0, 0.1) is 11.8 Å². The number of amides is 2. The highest BCUT2D eigenvalue weighted by atomic mass is 35.5. The van der Waals surface area contributed by atoms with Crippen LogP contribution in [0.4, 0.5) is 18.9 Å². The third-order valence-electron chi connectivity index (χ3n) is 6.37. The SMILES string of the molecule is Cl.O=C1C2CC=CCC2C(=O)N1CCCN1CCN(c2cccc(C(F)(F)F)c2)CC1. The number of hydrogen-bond donors (Lipinski definition) is 0. The number of likely N-dealkylation sites (tertiary alicyclic amines) is 1. The zero-order valence-corrected chi connectivity index (χ0v) is 18.0. The van der Waals surface area contributed by atoms with Crippen molar-refractivity contribution in [3.8, 4) is 0 Å². The molecule has 0 N–H and O–H groups in total. The van der Waals surface area contributed by atoms with Crippen LogP contribution in [0.1, 0.15) is 24.8 Å². The molecule has 2 heterocycles. The summed E-state index contributed by atoms with van der Waals surface area (Å²) in [4.78, 5) is 30.6. The summed E-state index contributed by atoms with van der Waals surface area (Å²) in [6.07, 6.45) is 1.66. The lowest BCUT2D eigenvalue weighted by Crippen LogP contribution is -2.47. The first-order chi connectivity index (χ1) is 14.3. The van der Waals surface area contributed by atoms with Gasteiger partial charge >= 0.3 is 6.18 Å². The summed E-state index contributed by atoms with van der Waals surface area (Å²) in [7, 11) is 0. The molecule has 0 saturated carbocycles. The van der Waals surface area contributed by atoms with Crippen molar-refractivity contribution in [3.05, 3.63) is 42.0 Å². The quantitative estimate of drug-likeness (QED) is 0.500. The molecule has 31 heavy (non-hydrogen) atoms. The van der Waals surface area contributed by atoms with Crippen LogP contribution in [-0.2, 0) is 15.8 Å². The van der Waals surface area contributed by atoms with Crippen molar-refractivity contribution >= 4 is 29.9 Å². The Kier molecular flexibility index (Phi) is 7.31. The van der Waals surface area contributed by atoms with Crippen LogP contribution in [0.5, 0.6) is 0 Å². The molecule has 0 spiro atoms. The number of fused-ring (bicyclic) bond motifs is 1. The predicted molar refractivity (Wildman–Crippen MR) is 114 cm³/mol. The fourth-order valence-corrected chi connectivity index (χ4v) is 4.65. The second-order valence-electron chi connectivity index (χ2n) is 8.21. The van der Waals surface area contributed by atoms with Crippen molar-refractivity contribution in [2.45, 2.75) is 25.4 Å². The van der Waals surface area contributed by atoms with Gasteiger partial charge in [-0.05, 0) is 44.0 Å². The van der Waals surface area contributed by atoms with Gasteiger partial charge in [0.2, 0.25) is 11.8 Å². The van der Waals surface area contributed by atoms with Crippen LogP contribution in [0.2, 0.25) is 0 Å². The number of allylic oxidation sites excluding steroid dienone is 2. The fourth-order valence-electron chi connectivity index (χ4n) is 4.65. The minimum absolute atomic E-state index is 0. The summed E-state index contributed by atoms with van der Waals surface area (Å²) < 4.78 is 38.8. The summed E-state index contributed by atoms with van der Waals surface area (Å²) in [5.74, 6) is -0.440. The topological polar surface area (TPSA) is 43.9 Å². The molecule has 0 radical (unpaired) electrons. The lowest BCUT2D eigenvalue weighted by atomic mass is 9.85. The van der Waals surface area contributed by atoms with Crippen molar-refractivity contribution in [1.29, 1.82) is 0 Å². The number of carbonyl (C=O) groups excluding carboxylic acids is 2. The number of anilines is 1. The maximum Gasteiger partial charge on any atom is 0.416 e. The van der Waals surface area contributed by atoms with Crippen LogP contribution in [0.3, 0.4) is 0 Å². The summed E-state index contributed by atoms with van der Waals surface area (Å²) in [5.41, 5.74) is -0.0351. The van der Waals surface area contributed by atoms with Gasteiger partial charge in [0.05, 0.1) is 17.4 Å². The Bertz CT molecular complexity index is 812. The molecule has 2 unspecified atom stereocenters. The first-order valence-corrected chi connectivity index (χ1v) is 10.5. The summed E-state index contributed by atoms with van der Waals surface area (Å²) in [6.45, 7) is 4.00. The Morgan fingerprint density at radius 2 is 1.52 bits per heavy atom. The van der Waals surface area contributed by atoms with E-state index in [9.17, 15) is 22.8 Å². The van der Waals surface area contributed by atoms with Gasteiger partial charge in [-0.2, -0.15) is 13.2 Å². The van der Waals surface area contributed by atoms with E-state index in [0.717, 1.165) is 25.7 Å². The molecule has 5 nitrogen and oxygen atoms in total. The molecule has 2 atom stereocenters. The number of nitrogens with zero attached hydrogens (tertiary/aromatic N) is 3. The van der Waals surface area contributed by atoms with Crippen LogP contribution >= 0.6 is 12.4 Å². The molecule has 2 amide bonds. The van der Waals surface area contributed by atoms with Crippen molar-refractivity contribution < 1.29 is 22.8 Å². The van der Waals surface area contributed by atoms with E-state index in [1.165, 1.54) is 17.0 Å². The van der Waals surface area contributed by atoms with Gasteiger partial charge in [-0.15, -0.1) is 12.4 Å². The molecule has 9 heteroatoms. The second kappa shape index (κ2) is 9.61. The molecule has 1 aliphatic carbocycles. The Labute approximate surface area is 186 Å². The molecule has 2 aliphatic heterocycles. The number of piperazine rings is 1. The Morgan fingerprint density at radius 3 is 2.10 bits per heavy atom. The maximum absolute atomic E-state index is 12.9. The Hall–Kier alpha value is -2.06. The molecule has 170 valence electrons. The monoisotopic (exact) mass is 457 g/mol. The van der Waals surface area contributed by atoms with Crippen molar-refractivity contribution in [1.82, 2.24) is 9.80 Å². The van der Waals surface area contributed by atoms with E-state index in [1.54, 1.807) is 6.07 Å². The van der Waals surface area contributed by atoms with Gasteiger partial charge in [0.25, 0.3) is 0 Å². The molecule has 1 aromatic rings. The van der Waals surface area contributed by atoms with Crippen molar-refractivity contribution in [2.75, 3.05) is 44.2 Å². The first-order valence-electron chi connectivity index (χ1n) is 10.5. The first kappa shape index (κ1) is 23.6. The molecule has 2 fully saturated rings. The highest BCUT2D eigenvalue weighted by Crippen LogP contribution is 2.35. The Morgan fingerprint density at radius 1 is 0.903 bits per heavy atom. The van der Waals surface area contributed by atoms with Crippen molar-refractivity contribution in [2.24, 2.45) is 11.8 Å². The highest BCUT2D eigenvalue weighted by molar-refractivity contribution is 6.05. The van der Waals surface area contributed by atoms with Crippen LogP contribution < -0.4 is 4.90 Å². The van der Waals surface area contributed by atoms with E-state index < -0.39 is 11.7 Å². The molecular weight excluding hydrogens is 431 g/mol. The summed E-state index contributed by atoms with van der Waals surface area (Å²) >= 11 is 0. The molecule has 3 aliphatic rings. The zero-order valence-electron chi connectivity index (χ0n) is 17.2. The van der Waals surface area contributed by atoms with E-state index in [-0.39, 0.29) is 36.1 Å². The van der Waals surface area contributed by atoms with Crippen molar-refractivity contribution in [3.63, 3.8) is 0 Å². The van der Waals surface area contributed by atoms with Gasteiger partial charge in [-0.1, -0.05) is 18.2 Å². The largest absolute Gasteiger partial charge is 0.416 e. The van der Waals surface area contributed by atoms with Gasteiger partial charge in [-0.25, -0.2) is 0 Å². The van der Waals surface area contributed by atoms with Gasteiger partial charge < -0.3 is 4.90 Å². The number of halogens is 4. The molecule has 1 aromatic carbocycles. The molecule has 0 aromatic heterocycles. The Balaban J connectivity index is 0.00000272. The maximum atomic E-state index is 12.9. The van der Waals surface area contributed by atoms with Crippen LogP contribution in [-0.4, -0.2) is 60.9 Å². The average molecular weight is 458 g/mol. The number of imide groups is 1. The summed E-state index contributed by atoms with van der Waals surface area (Å²) in [6, 6.07) is 5.45. The smallest absolute Gasteiger partial charge is 0.369 e. The number of hydrogen-bond acceptors (Lipinski definition) is 4. The lowest BCUT2D eigenvalue weighted by Gasteiger charge is -2.36. The van der Waals surface area contributed by atoms with Gasteiger partial charge in [-0.3, -0.25) is 19.4 Å². The van der Waals surface area contributed by atoms with Gasteiger partial charge in [0.15, 0.2) is 0 Å². The predicted octanol–water partition coefficient (Wildman–Crippen LogP) is 3.59. The van der Waals surface area contributed by atoms with Gasteiger partial charge in [0, 0.05) is 38.4 Å². The van der Waals surface area contributed by atoms with Crippen LogP contribution in [0.25, 0.3) is 0 Å². The molecular formula is C22H27ClF3N3O2. The average Bonchev–Trinajstić information content (AvgIpc) is 2.99. The van der Waals surface area contributed by atoms with E-state index in [0.29, 0.717) is 44.6 Å². The number of rotatable bonds is 5. The van der Waals surface area contributed by atoms with Crippen LogP contribution in [0.15, 0.2) is 36.4 Å². The van der Waals surface area contributed by atoms with E-state index >= 15 is 0 Å². The lowest BCUT2D eigenvalue weighted by molar-refractivity contribution is -0.140. The summed E-state index contributed by atoms with van der Waals surface area (Å²) in [5, 5.41) is 0. The van der Waals surface area contributed by atoms with E-state index in [2.05, 4.69) is 4.90 Å². The molecule has 0 bridgehead atoms. The number of carbonyl (C=O) groups is 2. The van der Waals surface area contributed by atoms with Gasteiger partial charge in [0.1, 0.15) is 0 Å². The number of alkyl halides is 3. The highest BCUT2D eigenvalue weighted by Gasteiger charge is 2.46. The second-order valence-corrected chi connectivity index (χ2v) is 8.21. The zero-order chi connectivity index (χ0) is 21.3. The standard InChI is InChI=1S/C22H26F3N3O2.ClH/c23-22(24,25)16-5-3-6-17(15-16)27-13-11-26(12-14-27)9-4-10-28-20(29)18-7-1-2-8-19(18)21(28)30;/h1-3,5-6,15,18-19H,4,7-14H2;1H. The molecule has 4 rings (SSSR count). The third kappa shape index (κ3) is 5.06. The fraction of sp³-hybridized carbons (Fsp3) is 0.545. The number of benzene rings is 1. The van der Waals surface area contributed by atoms with E-state index in [4.69, 9.17) is 0 Å². The minimum Gasteiger partial charge on any atom is -0.369 e. The third-order valence-corrected chi connectivity index (χ3v) is 6.37. The normalized spacial score (nSPS) is 24.4.